The molecule has 3 N–H and O–H groups in total. The molecule has 4 fully saturated rings. The molecule has 0 spiro atoms. The Morgan fingerprint density at radius 1 is 1.09 bits per heavy atom. The molecule has 5 atom stereocenters. The van der Waals surface area contributed by atoms with Crippen LogP contribution >= 0.6 is 0 Å². The molecular weight excluding hydrogens is 747 g/mol. The second-order valence-corrected chi connectivity index (χ2v) is 18.0. The quantitative estimate of drug-likeness (QED) is 0.250. The molecule has 0 unspecified atom stereocenters. The molecule has 2 aromatic rings. The van der Waals surface area contributed by atoms with Crippen LogP contribution in [0.25, 0.3) is 10.8 Å². The molecule has 2 saturated heterocycles. The number of aromatic nitrogens is 1. The van der Waals surface area contributed by atoms with Crippen LogP contribution in [0.3, 0.4) is 0 Å². The Hall–Kier alpha value is -4.22. The average Bonchev–Trinajstić information content (AvgIpc) is 4.03. The summed E-state index contributed by atoms with van der Waals surface area (Å²) in [6.45, 7) is 11.4. The van der Waals surface area contributed by atoms with E-state index >= 15 is 0 Å². The van der Waals surface area contributed by atoms with Crippen molar-refractivity contribution in [2.75, 3.05) is 26.9 Å². The average molecular weight is 802 g/mol. The number of hydrogen-bond acceptors (Lipinski definition) is 12. The van der Waals surface area contributed by atoms with E-state index < -0.39 is 69.0 Å². The maximum absolute atomic E-state index is 14.7. The van der Waals surface area contributed by atoms with Crippen molar-refractivity contribution >= 4 is 44.9 Å². The number of nitrogens with one attached hydrogen (secondary N) is 3. The summed E-state index contributed by atoms with van der Waals surface area (Å²) in [7, 11) is -2.93. The third kappa shape index (κ3) is 9.15. The summed E-state index contributed by atoms with van der Waals surface area (Å²) < 4.78 is 56.6. The van der Waals surface area contributed by atoms with Gasteiger partial charge in [0, 0.05) is 31.2 Å². The number of alkyl carbamates (subject to hydrolysis) is 1. The van der Waals surface area contributed by atoms with Gasteiger partial charge in [-0.1, -0.05) is 27.2 Å². The number of likely N-dealkylation sites (tertiary alicyclic amines) is 1. The van der Waals surface area contributed by atoms with Crippen LogP contribution in [0.2, 0.25) is 0 Å². The van der Waals surface area contributed by atoms with Gasteiger partial charge in [-0.25, -0.2) is 18.7 Å². The molecule has 1 aromatic heterocycles. The maximum Gasteiger partial charge on any atom is 0.408 e. The molecule has 2 aliphatic heterocycles. The van der Waals surface area contributed by atoms with Crippen LogP contribution in [-0.4, -0.2) is 104 Å². The second-order valence-electron chi connectivity index (χ2n) is 16.7. The number of methoxy groups -OCH3 is 1. The predicted octanol–water partition coefficient (Wildman–Crippen LogP) is 3.76. The molecule has 56 heavy (non-hydrogen) atoms. The Morgan fingerprint density at radius 2 is 1.80 bits per heavy atom. The normalized spacial score (nSPS) is 25.3. The van der Waals surface area contributed by atoms with Gasteiger partial charge in [0.05, 0.1) is 19.3 Å². The molecule has 4 amide bonds. The van der Waals surface area contributed by atoms with Gasteiger partial charge < -0.3 is 34.5 Å². The first-order valence-corrected chi connectivity index (χ1v) is 20.9. The van der Waals surface area contributed by atoms with Crippen molar-refractivity contribution < 1.29 is 50.7 Å². The molecule has 3 heterocycles. The van der Waals surface area contributed by atoms with E-state index in [1.165, 1.54) is 4.90 Å². The zero-order chi connectivity index (χ0) is 40.6. The molecule has 16 nitrogen and oxygen atoms in total. The Kier molecular flexibility index (Phi) is 11.8. The fraction of sp³-hybridized carbons (Fsp3) is 0.667. The van der Waals surface area contributed by atoms with Crippen molar-refractivity contribution in [2.24, 2.45) is 17.8 Å². The Bertz CT molecular complexity index is 1920. The van der Waals surface area contributed by atoms with Crippen molar-refractivity contribution in [1.29, 1.82) is 0 Å². The largest absolute Gasteiger partial charge is 0.497 e. The molecule has 308 valence electrons. The number of ether oxygens (including phenoxy) is 4. The van der Waals surface area contributed by atoms with E-state index in [-0.39, 0.29) is 37.1 Å². The van der Waals surface area contributed by atoms with E-state index in [4.69, 9.17) is 23.1 Å². The standard InChI is InChI=1S/C39H55N5O11S/c1-8-26-21-39(26,35(47)43-56(49,50)55-38(14-15-38)23(2)3)42-32(45)30-20-28(53-33-29-10-9-27(51-7)19-25(29)11-16-40-33)22-44(30)34(46)31(24-12-17-52-18-13-24)41-36(48)54-37(4,5)6/h9-11,16,19,23-24,26,28,30-31H,8,12-15,17-18,20-22H2,1-7H3,(H,41,48)(H,42,45)(H,43,47)/t26-,28-,30+,31+,39-/m1/s1. The number of benzene rings is 1. The molecule has 1 aromatic carbocycles. The van der Waals surface area contributed by atoms with Crippen LogP contribution in [0, 0.1) is 17.8 Å². The molecule has 0 radical (unpaired) electrons. The highest BCUT2D eigenvalue weighted by Gasteiger charge is 2.62. The number of nitrogens with zero attached hydrogens (tertiary/aromatic N) is 2. The fourth-order valence-corrected chi connectivity index (χ4v) is 9.11. The van der Waals surface area contributed by atoms with Gasteiger partial charge in [-0.15, -0.1) is 0 Å². The maximum atomic E-state index is 14.7. The topological polar surface area (TPSA) is 201 Å². The van der Waals surface area contributed by atoms with Crippen LogP contribution in [0.5, 0.6) is 11.6 Å². The summed E-state index contributed by atoms with van der Waals surface area (Å²) in [4.78, 5) is 62.0. The van der Waals surface area contributed by atoms with Gasteiger partial charge in [0.25, 0.3) is 5.91 Å². The van der Waals surface area contributed by atoms with E-state index in [0.29, 0.717) is 62.3 Å². The lowest BCUT2D eigenvalue weighted by Crippen LogP contribution is -2.59. The molecule has 17 heteroatoms. The number of carbonyl (C=O) groups excluding carboxylic acids is 4. The third-order valence-electron chi connectivity index (χ3n) is 11.4. The lowest BCUT2D eigenvalue weighted by Gasteiger charge is -2.35. The smallest absolute Gasteiger partial charge is 0.408 e. The van der Waals surface area contributed by atoms with Crippen LogP contribution in [0.15, 0.2) is 30.5 Å². The van der Waals surface area contributed by atoms with Gasteiger partial charge in [-0.05, 0) is 100 Å². The number of pyridine rings is 1. The first-order chi connectivity index (χ1) is 26.4. The van der Waals surface area contributed by atoms with Gasteiger partial charge in [-0.2, -0.15) is 8.42 Å². The van der Waals surface area contributed by atoms with E-state index in [0.717, 1.165) is 5.39 Å². The fourth-order valence-electron chi connectivity index (χ4n) is 7.86. The first-order valence-electron chi connectivity index (χ1n) is 19.5. The number of carbonyl (C=O) groups is 4. The summed E-state index contributed by atoms with van der Waals surface area (Å²) in [6.07, 6.45) is 2.85. The molecule has 0 bridgehead atoms. The third-order valence-corrected chi connectivity index (χ3v) is 12.4. The van der Waals surface area contributed by atoms with E-state index in [9.17, 15) is 27.6 Å². The molecular formula is C39H55N5O11S. The van der Waals surface area contributed by atoms with Crippen molar-refractivity contribution in [3.8, 4) is 11.6 Å². The Morgan fingerprint density at radius 3 is 2.41 bits per heavy atom. The summed E-state index contributed by atoms with van der Waals surface area (Å²) in [6, 6.07) is 5.03. The molecule has 6 rings (SSSR count). The van der Waals surface area contributed by atoms with Crippen molar-refractivity contribution in [2.45, 2.75) is 121 Å². The van der Waals surface area contributed by atoms with Gasteiger partial charge >= 0.3 is 16.4 Å². The Labute approximate surface area is 328 Å². The van der Waals surface area contributed by atoms with Gasteiger partial charge in [0.1, 0.15) is 35.1 Å². The monoisotopic (exact) mass is 801 g/mol. The SMILES string of the molecule is CC[C@@H]1C[C@]1(NC(=O)[C@@H]1C[C@@H](Oc2nccc3cc(OC)ccc23)CN1C(=O)[C@@H](NC(=O)OC(C)(C)C)C1CCOCC1)C(=O)NS(=O)(=O)OC1(C(C)C)CC1. The van der Waals surface area contributed by atoms with Crippen molar-refractivity contribution in [3.63, 3.8) is 0 Å². The van der Waals surface area contributed by atoms with Gasteiger partial charge in [0.2, 0.25) is 17.7 Å². The van der Waals surface area contributed by atoms with Crippen LogP contribution < -0.4 is 24.8 Å². The summed E-state index contributed by atoms with van der Waals surface area (Å²) in [5.74, 6) is -1.91. The molecule has 4 aliphatic rings. The Balaban J connectivity index is 1.28. The number of hydrogen-bond donors (Lipinski definition) is 3. The van der Waals surface area contributed by atoms with Gasteiger partial charge in [-0.3, -0.25) is 14.4 Å². The minimum atomic E-state index is -4.50. The lowest BCUT2D eigenvalue weighted by molar-refractivity contribution is -0.142. The summed E-state index contributed by atoms with van der Waals surface area (Å²) >= 11 is 0. The predicted molar refractivity (Wildman–Crippen MR) is 204 cm³/mol. The van der Waals surface area contributed by atoms with E-state index in [2.05, 4.69) is 20.3 Å². The summed E-state index contributed by atoms with van der Waals surface area (Å²) in [5, 5.41) is 7.14. The van der Waals surface area contributed by atoms with Gasteiger partial charge in [0.15, 0.2) is 0 Å². The van der Waals surface area contributed by atoms with E-state index in [1.807, 2.05) is 39.0 Å². The molecule has 2 aliphatic carbocycles. The highest BCUT2D eigenvalue weighted by Crippen LogP contribution is 2.48. The highest BCUT2D eigenvalue weighted by atomic mass is 32.2. The van der Waals surface area contributed by atoms with Crippen LogP contribution in [0.4, 0.5) is 4.79 Å². The van der Waals surface area contributed by atoms with Crippen LogP contribution in [-0.2, 0) is 38.3 Å². The van der Waals surface area contributed by atoms with Crippen molar-refractivity contribution in [1.82, 2.24) is 25.2 Å². The van der Waals surface area contributed by atoms with Crippen molar-refractivity contribution in [3.05, 3.63) is 30.5 Å². The van der Waals surface area contributed by atoms with E-state index in [1.54, 1.807) is 40.1 Å². The zero-order valence-corrected chi connectivity index (χ0v) is 34.0. The zero-order valence-electron chi connectivity index (χ0n) is 33.2. The van der Waals surface area contributed by atoms with Crippen LogP contribution in [0.1, 0.15) is 86.5 Å². The summed E-state index contributed by atoms with van der Waals surface area (Å²) in [5.41, 5.74) is -3.25. The number of amides is 4. The minimum Gasteiger partial charge on any atom is -0.497 e. The first kappa shape index (κ1) is 41.4. The lowest BCUT2D eigenvalue weighted by atomic mass is 9.90. The second kappa shape index (κ2) is 16.0. The number of rotatable bonds is 14. The molecule has 2 saturated carbocycles. The highest BCUT2D eigenvalue weighted by molar-refractivity contribution is 7.85. The number of fused-ring (bicyclic) bond motifs is 1. The minimum absolute atomic E-state index is 0.0194.